The predicted octanol–water partition coefficient (Wildman–Crippen LogP) is 0.0253. The van der Waals surface area contributed by atoms with Crippen LogP contribution in [0, 0.1) is 11.3 Å². The Balaban J connectivity index is 0.000000492. The Morgan fingerprint density at radius 1 is 1.72 bits per heavy atom. The molecule has 2 heterocycles. The molecule has 0 radical (unpaired) electrons. The third kappa shape index (κ3) is 3.55. The van der Waals surface area contributed by atoms with E-state index in [1.807, 2.05) is 0 Å². The summed E-state index contributed by atoms with van der Waals surface area (Å²) in [6, 6.07) is 3.30. The fraction of sp³-hybridized carbons (Fsp3) is 0.545. The summed E-state index contributed by atoms with van der Waals surface area (Å²) in [5.74, 6) is 0.202. The molecule has 7 nitrogen and oxygen atoms in total. The first-order valence-electron chi connectivity index (χ1n) is 5.54. The van der Waals surface area contributed by atoms with Crippen molar-refractivity contribution in [2.45, 2.75) is 32.1 Å². The summed E-state index contributed by atoms with van der Waals surface area (Å²) < 4.78 is 6.84. The van der Waals surface area contributed by atoms with E-state index in [2.05, 4.69) is 4.98 Å². The zero-order chi connectivity index (χ0) is 13.5. The lowest BCUT2D eigenvalue weighted by atomic mass is 10.2. The minimum atomic E-state index is -0.418. The molecule has 0 bridgehead atoms. The van der Waals surface area contributed by atoms with Gasteiger partial charge in [0.2, 0.25) is 0 Å². The maximum absolute atomic E-state index is 11.5. The van der Waals surface area contributed by atoms with E-state index in [0.29, 0.717) is 6.42 Å². The van der Waals surface area contributed by atoms with Gasteiger partial charge in [-0.2, -0.15) is 10.2 Å². The number of hydrogen-bond donors (Lipinski definition) is 2. The highest BCUT2D eigenvalue weighted by molar-refractivity contribution is 5.23. The lowest BCUT2D eigenvalue weighted by molar-refractivity contribution is -0.0245. The summed E-state index contributed by atoms with van der Waals surface area (Å²) in [5, 5.41) is 16.2. The van der Waals surface area contributed by atoms with Gasteiger partial charge in [0.15, 0.2) is 0 Å². The predicted molar refractivity (Wildman–Crippen MR) is 64.4 cm³/mol. The Bertz CT molecular complexity index is 480. The van der Waals surface area contributed by atoms with Crippen LogP contribution in [0.4, 0.5) is 5.82 Å². The molecule has 98 valence electrons. The molecule has 7 heteroatoms. The van der Waals surface area contributed by atoms with E-state index in [0.717, 1.165) is 6.42 Å². The molecule has 1 fully saturated rings. The number of hydrogen-bond acceptors (Lipinski definition) is 6. The quantitative estimate of drug-likeness (QED) is 0.767. The number of nitrogens with zero attached hydrogens (tertiary/aromatic N) is 3. The van der Waals surface area contributed by atoms with E-state index in [9.17, 15) is 4.79 Å². The fourth-order valence-corrected chi connectivity index (χ4v) is 1.67. The lowest BCUT2D eigenvalue weighted by Crippen LogP contribution is -2.27. The molecule has 0 aliphatic carbocycles. The van der Waals surface area contributed by atoms with Gasteiger partial charge in [-0.1, -0.05) is 0 Å². The van der Waals surface area contributed by atoms with Crippen LogP contribution in [0.1, 0.15) is 26.0 Å². The monoisotopic (exact) mass is 252 g/mol. The molecule has 0 saturated carbocycles. The summed E-state index contributed by atoms with van der Waals surface area (Å²) in [4.78, 5) is 15.1. The molecule has 0 amide bonds. The second-order valence-electron chi connectivity index (χ2n) is 3.74. The van der Waals surface area contributed by atoms with Gasteiger partial charge in [-0.15, -0.1) is 0 Å². The Morgan fingerprint density at radius 3 is 2.89 bits per heavy atom. The number of aromatic nitrogens is 2. The van der Waals surface area contributed by atoms with Crippen LogP contribution in [0.5, 0.6) is 0 Å². The maximum Gasteiger partial charge on any atom is 0.351 e. The number of ether oxygens (including phenoxy) is 1. The molecule has 1 aromatic rings. The average molecular weight is 252 g/mol. The SMILES string of the molecule is CC#N.Nc1ccn(C2CCC(CO)O2)c(=O)n1. The highest BCUT2D eigenvalue weighted by atomic mass is 16.5. The number of aliphatic hydroxyl groups is 1. The summed E-state index contributed by atoms with van der Waals surface area (Å²) in [5.41, 5.74) is 4.96. The van der Waals surface area contributed by atoms with Crippen molar-refractivity contribution in [2.24, 2.45) is 0 Å². The van der Waals surface area contributed by atoms with Crippen molar-refractivity contribution in [1.82, 2.24) is 9.55 Å². The first kappa shape index (κ1) is 14.2. The highest BCUT2D eigenvalue weighted by Gasteiger charge is 2.26. The average Bonchev–Trinajstić information content (AvgIpc) is 2.78. The number of nitrogen functional groups attached to an aromatic ring is 1. The summed E-state index contributed by atoms with van der Waals surface area (Å²) >= 11 is 0. The van der Waals surface area contributed by atoms with E-state index >= 15 is 0 Å². The molecular weight excluding hydrogens is 236 g/mol. The maximum atomic E-state index is 11.5. The van der Waals surface area contributed by atoms with Crippen molar-refractivity contribution >= 4 is 5.82 Å². The highest BCUT2D eigenvalue weighted by Crippen LogP contribution is 2.26. The molecule has 0 aromatic carbocycles. The fourth-order valence-electron chi connectivity index (χ4n) is 1.67. The van der Waals surface area contributed by atoms with E-state index in [1.165, 1.54) is 11.5 Å². The minimum absolute atomic E-state index is 0.0202. The van der Waals surface area contributed by atoms with Crippen molar-refractivity contribution in [1.29, 1.82) is 5.26 Å². The van der Waals surface area contributed by atoms with E-state index < -0.39 is 5.69 Å². The lowest BCUT2D eigenvalue weighted by Gasteiger charge is -2.14. The molecule has 1 saturated heterocycles. The molecule has 1 aromatic heterocycles. The number of rotatable bonds is 2. The van der Waals surface area contributed by atoms with Gasteiger partial charge in [0, 0.05) is 13.1 Å². The smallest absolute Gasteiger partial charge is 0.351 e. The molecule has 2 atom stereocenters. The van der Waals surface area contributed by atoms with Crippen molar-refractivity contribution in [3.05, 3.63) is 22.7 Å². The van der Waals surface area contributed by atoms with Crippen molar-refractivity contribution < 1.29 is 9.84 Å². The Morgan fingerprint density at radius 2 is 2.39 bits per heavy atom. The van der Waals surface area contributed by atoms with Gasteiger partial charge in [0.1, 0.15) is 12.0 Å². The normalized spacial score (nSPS) is 21.8. The Kier molecular flexibility index (Phi) is 5.30. The number of aliphatic hydroxyl groups excluding tert-OH is 1. The van der Waals surface area contributed by atoms with Crippen LogP contribution in [0.3, 0.4) is 0 Å². The number of nitrogens with two attached hydrogens (primary N) is 1. The molecule has 3 N–H and O–H groups in total. The van der Waals surface area contributed by atoms with Gasteiger partial charge in [-0.25, -0.2) is 4.79 Å². The van der Waals surface area contributed by atoms with E-state index in [4.69, 9.17) is 20.8 Å². The molecule has 1 aliphatic heterocycles. The van der Waals surface area contributed by atoms with Crippen LogP contribution < -0.4 is 11.4 Å². The molecule has 2 unspecified atom stereocenters. The largest absolute Gasteiger partial charge is 0.394 e. The number of anilines is 1. The van der Waals surface area contributed by atoms with Crippen LogP contribution in [0.25, 0.3) is 0 Å². The number of nitriles is 1. The molecule has 2 rings (SSSR count). The van der Waals surface area contributed by atoms with Gasteiger partial charge in [-0.05, 0) is 18.9 Å². The topological polar surface area (TPSA) is 114 Å². The van der Waals surface area contributed by atoms with Gasteiger partial charge in [0.05, 0.1) is 18.8 Å². The van der Waals surface area contributed by atoms with Crippen molar-refractivity contribution in [3.8, 4) is 6.07 Å². The third-order valence-corrected chi connectivity index (χ3v) is 2.45. The van der Waals surface area contributed by atoms with Crippen LogP contribution in [0.15, 0.2) is 17.1 Å². The molecular formula is C11H16N4O3. The molecule has 18 heavy (non-hydrogen) atoms. The van der Waals surface area contributed by atoms with Crippen LogP contribution in [-0.4, -0.2) is 27.4 Å². The molecule has 1 aliphatic rings. The zero-order valence-corrected chi connectivity index (χ0v) is 10.1. The second kappa shape index (κ2) is 6.74. The summed E-state index contributed by atoms with van der Waals surface area (Å²) in [6.45, 7) is 1.41. The first-order valence-corrected chi connectivity index (χ1v) is 5.54. The van der Waals surface area contributed by atoms with Crippen molar-refractivity contribution in [3.63, 3.8) is 0 Å². The van der Waals surface area contributed by atoms with E-state index in [-0.39, 0.29) is 24.8 Å². The third-order valence-electron chi connectivity index (χ3n) is 2.45. The Hall–Kier alpha value is -1.91. The Labute approximate surface area is 104 Å². The minimum Gasteiger partial charge on any atom is -0.394 e. The zero-order valence-electron chi connectivity index (χ0n) is 10.1. The summed E-state index contributed by atoms with van der Waals surface area (Å²) in [6.07, 6.45) is 2.51. The van der Waals surface area contributed by atoms with E-state index in [1.54, 1.807) is 18.3 Å². The van der Waals surface area contributed by atoms with Crippen LogP contribution >= 0.6 is 0 Å². The van der Waals surface area contributed by atoms with Crippen molar-refractivity contribution in [2.75, 3.05) is 12.3 Å². The van der Waals surface area contributed by atoms with Gasteiger partial charge >= 0.3 is 5.69 Å². The first-order chi connectivity index (χ1) is 8.62. The van der Waals surface area contributed by atoms with Gasteiger partial charge in [0.25, 0.3) is 0 Å². The van der Waals surface area contributed by atoms with Crippen LogP contribution in [0.2, 0.25) is 0 Å². The second-order valence-corrected chi connectivity index (χ2v) is 3.74. The van der Waals surface area contributed by atoms with Crippen LogP contribution in [-0.2, 0) is 4.74 Å². The summed E-state index contributed by atoms with van der Waals surface area (Å²) in [7, 11) is 0. The standard InChI is InChI=1S/C9H13N3O3.C2H3N/c10-7-3-4-12(9(14)11-7)8-2-1-6(5-13)15-8;1-2-3/h3-4,6,8,13H,1-2,5H2,(H2,10,11,14);1H3. The molecule has 0 spiro atoms. The van der Waals surface area contributed by atoms with Gasteiger partial charge in [-0.3, -0.25) is 4.57 Å². The van der Waals surface area contributed by atoms with Gasteiger partial charge < -0.3 is 15.6 Å².